The minimum absolute atomic E-state index is 0.0957. The van der Waals surface area contributed by atoms with Crippen LogP contribution in [0.5, 0.6) is 5.75 Å². The predicted molar refractivity (Wildman–Crippen MR) is 80.4 cm³/mol. The van der Waals surface area contributed by atoms with Crippen molar-refractivity contribution in [3.05, 3.63) is 65.7 Å². The summed E-state index contributed by atoms with van der Waals surface area (Å²) in [5, 5.41) is 0. The second-order valence-corrected chi connectivity index (χ2v) is 4.68. The first-order chi connectivity index (χ1) is 9.79. The van der Waals surface area contributed by atoms with Gasteiger partial charge < -0.3 is 15.2 Å². The van der Waals surface area contributed by atoms with Gasteiger partial charge in [-0.25, -0.2) is 0 Å². The minimum Gasteiger partial charge on any atom is -0.468 e. The predicted octanol–water partition coefficient (Wildman–Crippen LogP) is 3.65. The van der Waals surface area contributed by atoms with E-state index < -0.39 is 0 Å². The lowest BCUT2D eigenvalue weighted by Gasteiger charge is -2.11. The number of rotatable bonds is 7. The summed E-state index contributed by atoms with van der Waals surface area (Å²) in [4.78, 5) is 0. The molecule has 0 unspecified atom stereocenters. The van der Waals surface area contributed by atoms with E-state index in [0.717, 1.165) is 23.3 Å². The Morgan fingerprint density at radius 2 is 1.70 bits per heavy atom. The van der Waals surface area contributed by atoms with Crippen LogP contribution in [-0.4, -0.2) is 6.79 Å². The lowest BCUT2D eigenvalue weighted by atomic mass is 10.1. The summed E-state index contributed by atoms with van der Waals surface area (Å²) in [7, 11) is 0. The molecule has 0 amide bonds. The zero-order chi connectivity index (χ0) is 14.2. The maximum atomic E-state index is 5.96. The smallest absolute Gasteiger partial charge is 0.189 e. The van der Waals surface area contributed by atoms with Crippen molar-refractivity contribution in [1.82, 2.24) is 0 Å². The first-order valence-corrected chi connectivity index (χ1v) is 6.89. The molecule has 2 N–H and O–H groups in total. The largest absolute Gasteiger partial charge is 0.468 e. The molecule has 0 aliphatic rings. The molecular weight excluding hydrogens is 250 g/mol. The quantitative estimate of drug-likeness (QED) is 0.617. The van der Waals surface area contributed by atoms with Crippen molar-refractivity contribution in [3.63, 3.8) is 0 Å². The lowest BCUT2D eigenvalue weighted by Crippen LogP contribution is -2.08. The standard InChI is InChI=1S/C17H21NO2/c1-2-17(18)15-8-10-16(11-9-15)20-13-19-12-14-6-4-3-5-7-14/h3-11,17H,2,12-13,18H2,1H3/t17-/m0/s1. The normalized spacial score (nSPS) is 12.1. The fourth-order valence-corrected chi connectivity index (χ4v) is 1.89. The van der Waals surface area contributed by atoms with Crippen LogP contribution in [0.3, 0.4) is 0 Å². The third-order valence-corrected chi connectivity index (χ3v) is 3.17. The molecular formula is C17H21NO2. The molecule has 0 aromatic heterocycles. The van der Waals surface area contributed by atoms with Crippen LogP contribution in [0.1, 0.15) is 30.5 Å². The van der Waals surface area contributed by atoms with E-state index in [-0.39, 0.29) is 12.8 Å². The summed E-state index contributed by atoms with van der Waals surface area (Å²) >= 11 is 0. The summed E-state index contributed by atoms with van der Waals surface area (Å²) < 4.78 is 11.0. The van der Waals surface area contributed by atoms with Gasteiger partial charge in [0.15, 0.2) is 6.79 Å². The molecule has 0 bridgehead atoms. The molecule has 0 heterocycles. The number of ether oxygens (including phenoxy) is 2. The lowest BCUT2D eigenvalue weighted by molar-refractivity contribution is 0.00504. The van der Waals surface area contributed by atoms with Gasteiger partial charge in [0.1, 0.15) is 5.75 Å². The number of benzene rings is 2. The number of hydrogen-bond donors (Lipinski definition) is 1. The molecule has 3 nitrogen and oxygen atoms in total. The van der Waals surface area contributed by atoms with E-state index in [1.807, 2.05) is 54.6 Å². The van der Waals surface area contributed by atoms with Gasteiger partial charge in [-0.05, 0) is 29.7 Å². The molecule has 0 spiro atoms. The van der Waals surface area contributed by atoms with E-state index in [4.69, 9.17) is 15.2 Å². The SMILES string of the molecule is CC[C@H](N)c1ccc(OCOCc2ccccc2)cc1. The van der Waals surface area contributed by atoms with Crippen LogP contribution < -0.4 is 10.5 Å². The molecule has 1 atom stereocenters. The monoisotopic (exact) mass is 271 g/mol. The molecule has 106 valence electrons. The molecule has 0 aliphatic carbocycles. The minimum atomic E-state index is 0.0957. The number of nitrogens with two attached hydrogens (primary N) is 1. The Morgan fingerprint density at radius 3 is 2.35 bits per heavy atom. The highest BCUT2D eigenvalue weighted by molar-refractivity contribution is 5.28. The van der Waals surface area contributed by atoms with E-state index in [0.29, 0.717) is 6.61 Å². The molecule has 2 rings (SSSR count). The molecule has 0 fully saturated rings. The van der Waals surface area contributed by atoms with Gasteiger partial charge in [-0.2, -0.15) is 0 Å². The Labute approximate surface area is 120 Å². The van der Waals surface area contributed by atoms with Crippen molar-refractivity contribution >= 4 is 0 Å². The summed E-state index contributed by atoms with van der Waals surface area (Å²) in [6.45, 7) is 2.88. The summed E-state index contributed by atoms with van der Waals surface area (Å²) in [6, 6.07) is 18.0. The Kier molecular flexibility index (Phi) is 5.59. The van der Waals surface area contributed by atoms with Crippen LogP contribution in [-0.2, 0) is 11.3 Å². The summed E-state index contributed by atoms with van der Waals surface area (Å²) in [6.07, 6.45) is 0.931. The zero-order valence-corrected chi connectivity index (χ0v) is 11.8. The van der Waals surface area contributed by atoms with Gasteiger partial charge in [0.2, 0.25) is 0 Å². The van der Waals surface area contributed by atoms with Crippen molar-refractivity contribution in [1.29, 1.82) is 0 Å². The second kappa shape index (κ2) is 7.68. The van der Waals surface area contributed by atoms with Gasteiger partial charge in [-0.15, -0.1) is 0 Å². The average Bonchev–Trinajstić information content (AvgIpc) is 2.52. The first-order valence-electron chi connectivity index (χ1n) is 6.89. The van der Waals surface area contributed by atoms with E-state index in [2.05, 4.69) is 6.92 Å². The van der Waals surface area contributed by atoms with Crippen molar-refractivity contribution < 1.29 is 9.47 Å². The Hall–Kier alpha value is -1.84. The van der Waals surface area contributed by atoms with Crippen molar-refractivity contribution in [2.75, 3.05) is 6.79 Å². The third kappa shape index (κ3) is 4.37. The van der Waals surface area contributed by atoms with Crippen LogP contribution in [0.25, 0.3) is 0 Å². The van der Waals surface area contributed by atoms with Gasteiger partial charge >= 0.3 is 0 Å². The highest BCUT2D eigenvalue weighted by Crippen LogP contribution is 2.18. The van der Waals surface area contributed by atoms with Gasteiger partial charge in [0.25, 0.3) is 0 Å². The Bertz CT molecular complexity index is 496. The topological polar surface area (TPSA) is 44.5 Å². The molecule has 20 heavy (non-hydrogen) atoms. The fraction of sp³-hybridized carbons (Fsp3) is 0.294. The summed E-state index contributed by atoms with van der Waals surface area (Å²) in [5.41, 5.74) is 8.23. The summed E-state index contributed by atoms with van der Waals surface area (Å²) in [5.74, 6) is 0.796. The zero-order valence-electron chi connectivity index (χ0n) is 11.8. The van der Waals surface area contributed by atoms with E-state index in [9.17, 15) is 0 Å². The van der Waals surface area contributed by atoms with Crippen molar-refractivity contribution in [2.45, 2.75) is 26.0 Å². The van der Waals surface area contributed by atoms with Crippen molar-refractivity contribution in [3.8, 4) is 5.75 Å². The molecule has 0 aliphatic heterocycles. The Morgan fingerprint density at radius 1 is 1.00 bits per heavy atom. The average molecular weight is 271 g/mol. The number of hydrogen-bond acceptors (Lipinski definition) is 3. The maximum Gasteiger partial charge on any atom is 0.189 e. The molecule has 2 aromatic rings. The third-order valence-electron chi connectivity index (χ3n) is 3.17. The van der Waals surface area contributed by atoms with Gasteiger partial charge in [-0.3, -0.25) is 0 Å². The van der Waals surface area contributed by atoms with Crippen LogP contribution >= 0.6 is 0 Å². The second-order valence-electron chi connectivity index (χ2n) is 4.68. The van der Waals surface area contributed by atoms with Gasteiger partial charge in [0, 0.05) is 6.04 Å². The first kappa shape index (κ1) is 14.6. The van der Waals surface area contributed by atoms with Crippen LogP contribution in [0.2, 0.25) is 0 Å². The van der Waals surface area contributed by atoms with Gasteiger partial charge in [-0.1, -0.05) is 49.4 Å². The van der Waals surface area contributed by atoms with Gasteiger partial charge in [0.05, 0.1) is 6.61 Å². The molecule has 2 aromatic carbocycles. The van der Waals surface area contributed by atoms with E-state index in [1.165, 1.54) is 0 Å². The molecule has 0 radical (unpaired) electrons. The van der Waals surface area contributed by atoms with Crippen LogP contribution in [0.15, 0.2) is 54.6 Å². The molecule has 0 saturated carbocycles. The fourth-order valence-electron chi connectivity index (χ4n) is 1.89. The van der Waals surface area contributed by atoms with Crippen LogP contribution in [0, 0.1) is 0 Å². The van der Waals surface area contributed by atoms with E-state index >= 15 is 0 Å². The highest BCUT2D eigenvalue weighted by Gasteiger charge is 2.02. The Balaban J connectivity index is 1.74. The van der Waals surface area contributed by atoms with Crippen molar-refractivity contribution in [2.24, 2.45) is 5.73 Å². The molecule has 0 saturated heterocycles. The molecule has 3 heteroatoms. The van der Waals surface area contributed by atoms with Crippen LogP contribution in [0.4, 0.5) is 0 Å². The highest BCUT2D eigenvalue weighted by atomic mass is 16.7. The maximum absolute atomic E-state index is 5.96. The van der Waals surface area contributed by atoms with E-state index in [1.54, 1.807) is 0 Å².